The monoisotopic (exact) mass is 322 g/mol. The summed E-state index contributed by atoms with van der Waals surface area (Å²) in [6.45, 7) is 2.06. The molecular weight excluding hydrogens is 296 g/mol. The molecule has 0 spiro atoms. The standard InChI is InChI=1S/C17H26N2O4/c1-19-6-4-12(5-7-19)17(21)18-11-16(20)13-8-14(22-2)10-15(9-13)23-3/h8-10,12,16,20H,4-7,11H2,1-3H3,(H,18,21)/t16-/m0/s1. The van der Waals surface area contributed by atoms with Crippen LogP contribution in [0.5, 0.6) is 11.5 Å². The number of hydrogen-bond acceptors (Lipinski definition) is 5. The first-order chi connectivity index (χ1) is 11.0. The van der Waals surface area contributed by atoms with Crippen LogP contribution in [0.3, 0.4) is 0 Å². The average Bonchev–Trinajstić information content (AvgIpc) is 2.59. The first-order valence-corrected chi connectivity index (χ1v) is 7.90. The molecule has 1 aromatic rings. The van der Waals surface area contributed by atoms with Crippen molar-refractivity contribution in [3.63, 3.8) is 0 Å². The lowest BCUT2D eigenvalue weighted by molar-refractivity contribution is -0.126. The molecule has 1 aliphatic heterocycles. The molecule has 1 saturated heterocycles. The number of carbonyl (C=O) groups is 1. The lowest BCUT2D eigenvalue weighted by atomic mass is 9.96. The van der Waals surface area contributed by atoms with Crippen molar-refractivity contribution in [2.24, 2.45) is 5.92 Å². The Labute approximate surface area is 137 Å². The lowest BCUT2D eigenvalue weighted by Crippen LogP contribution is -2.40. The fraction of sp³-hybridized carbons (Fsp3) is 0.588. The maximum atomic E-state index is 12.2. The molecule has 1 aliphatic rings. The van der Waals surface area contributed by atoms with Gasteiger partial charge in [0.15, 0.2) is 0 Å². The first-order valence-electron chi connectivity index (χ1n) is 7.90. The van der Waals surface area contributed by atoms with E-state index in [1.165, 1.54) is 0 Å². The summed E-state index contributed by atoms with van der Waals surface area (Å²) in [6, 6.07) is 5.23. The van der Waals surface area contributed by atoms with Crippen molar-refractivity contribution in [1.29, 1.82) is 0 Å². The molecule has 23 heavy (non-hydrogen) atoms. The highest BCUT2D eigenvalue weighted by Gasteiger charge is 2.23. The second-order valence-corrected chi connectivity index (χ2v) is 5.98. The summed E-state index contributed by atoms with van der Waals surface area (Å²) >= 11 is 0. The van der Waals surface area contributed by atoms with Gasteiger partial charge in [-0.3, -0.25) is 4.79 Å². The highest BCUT2D eigenvalue weighted by Crippen LogP contribution is 2.26. The lowest BCUT2D eigenvalue weighted by Gasteiger charge is -2.28. The number of hydrogen-bond donors (Lipinski definition) is 2. The number of amides is 1. The minimum Gasteiger partial charge on any atom is -0.497 e. The largest absolute Gasteiger partial charge is 0.497 e. The topological polar surface area (TPSA) is 71.0 Å². The van der Waals surface area contributed by atoms with Crippen molar-refractivity contribution in [1.82, 2.24) is 10.2 Å². The minimum absolute atomic E-state index is 0.0204. The number of rotatable bonds is 6. The van der Waals surface area contributed by atoms with Crippen LogP contribution in [0.1, 0.15) is 24.5 Å². The second-order valence-electron chi connectivity index (χ2n) is 5.98. The molecule has 1 heterocycles. The molecule has 0 saturated carbocycles. The molecule has 0 bridgehead atoms. The predicted octanol–water partition coefficient (Wildman–Crippen LogP) is 1.20. The molecule has 0 radical (unpaired) electrons. The Kier molecular flexibility index (Phi) is 6.24. The molecule has 6 nitrogen and oxygen atoms in total. The average molecular weight is 322 g/mol. The van der Waals surface area contributed by atoms with Crippen molar-refractivity contribution in [3.05, 3.63) is 23.8 Å². The highest BCUT2D eigenvalue weighted by atomic mass is 16.5. The Balaban J connectivity index is 1.91. The number of benzene rings is 1. The fourth-order valence-electron chi connectivity index (χ4n) is 2.75. The molecular formula is C17H26N2O4. The van der Waals surface area contributed by atoms with Gasteiger partial charge in [0.1, 0.15) is 11.5 Å². The van der Waals surface area contributed by atoms with E-state index in [2.05, 4.69) is 17.3 Å². The summed E-state index contributed by atoms with van der Waals surface area (Å²) in [4.78, 5) is 14.4. The zero-order valence-corrected chi connectivity index (χ0v) is 14.0. The van der Waals surface area contributed by atoms with Gasteiger partial charge >= 0.3 is 0 Å². The smallest absolute Gasteiger partial charge is 0.223 e. The third kappa shape index (κ3) is 4.84. The van der Waals surface area contributed by atoms with Gasteiger partial charge in [0.05, 0.1) is 20.3 Å². The van der Waals surface area contributed by atoms with Crippen LogP contribution < -0.4 is 14.8 Å². The third-order valence-corrected chi connectivity index (χ3v) is 4.32. The Morgan fingerprint density at radius 2 is 1.83 bits per heavy atom. The van der Waals surface area contributed by atoms with Gasteiger partial charge in [0.25, 0.3) is 0 Å². The number of piperidine rings is 1. The van der Waals surface area contributed by atoms with Crippen molar-refractivity contribution >= 4 is 5.91 Å². The zero-order valence-electron chi connectivity index (χ0n) is 14.0. The maximum Gasteiger partial charge on any atom is 0.223 e. The van der Waals surface area contributed by atoms with E-state index in [1.807, 2.05) is 0 Å². The number of nitrogens with one attached hydrogen (secondary N) is 1. The second kappa shape index (κ2) is 8.17. The molecule has 0 aliphatic carbocycles. The summed E-state index contributed by atoms with van der Waals surface area (Å²) in [6.07, 6.45) is 0.936. The van der Waals surface area contributed by atoms with Crippen molar-refractivity contribution in [3.8, 4) is 11.5 Å². The molecule has 128 valence electrons. The predicted molar refractivity (Wildman–Crippen MR) is 87.7 cm³/mol. The van der Waals surface area contributed by atoms with Crippen LogP contribution >= 0.6 is 0 Å². The molecule has 1 amide bonds. The SMILES string of the molecule is COc1cc(OC)cc([C@@H](O)CNC(=O)C2CCN(C)CC2)c1. The molecule has 2 N–H and O–H groups in total. The van der Waals surface area contributed by atoms with Crippen LogP contribution in [-0.2, 0) is 4.79 Å². The van der Waals surface area contributed by atoms with Crippen molar-refractivity contribution in [2.75, 3.05) is 40.9 Å². The summed E-state index contributed by atoms with van der Waals surface area (Å²) < 4.78 is 10.4. The van der Waals surface area contributed by atoms with Gasteiger partial charge in [-0.2, -0.15) is 0 Å². The summed E-state index contributed by atoms with van der Waals surface area (Å²) in [5, 5.41) is 13.2. The molecule has 1 atom stereocenters. The van der Waals surface area contributed by atoms with E-state index >= 15 is 0 Å². The number of methoxy groups -OCH3 is 2. The number of aliphatic hydroxyl groups is 1. The van der Waals surface area contributed by atoms with Crippen LogP contribution in [-0.4, -0.2) is 56.8 Å². The zero-order chi connectivity index (χ0) is 16.8. The number of carbonyl (C=O) groups excluding carboxylic acids is 1. The van der Waals surface area contributed by atoms with Gasteiger partial charge < -0.3 is 24.8 Å². The highest BCUT2D eigenvalue weighted by molar-refractivity contribution is 5.78. The van der Waals surface area contributed by atoms with Gasteiger partial charge in [-0.15, -0.1) is 0 Å². The van der Waals surface area contributed by atoms with Crippen LogP contribution in [0.25, 0.3) is 0 Å². The number of aliphatic hydroxyl groups excluding tert-OH is 1. The van der Waals surface area contributed by atoms with Gasteiger partial charge in [0, 0.05) is 18.5 Å². The van der Waals surface area contributed by atoms with Crippen molar-refractivity contribution in [2.45, 2.75) is 18.9 Å². The van der Waals surface area contributed by atoms with Gasteiger partial charge in [-0.25, -0.2) is 0 Å². The summed E-state index contributed by atoms with van der Waals surface area (Å²) in [5.74, 6) is 1.28. The summed E-state index contributed by atoms with van der Waals surface area (Å²) in [7, 11) is 5.19. The van der Waals surface area contributed by atoms with Gasteiger partial charge in [-0.05, 0) is 50.7 Å². The maximum absolute atomic E-state index is 12.2. The van der Waals surface area contributed by atoms with E-state index in [0.717, 1.165) is 25.9 Å². The Bertz CT molecular complexity index is 505. The Hall–Kier alpha value is -1.79. The fourth-order valence-corrected chi connectivity index (χ4v) is 2.75. The Morgan fingerprint density at radius 1 is 1.26 bits per heavy atom. The molecule has 6 heteroatoms. The molecule has 2 rings (SSSR count). The van der Waals surface area contributed by atoms with E-state index in [1.54, 1.807) is 32.4 Å². The van der Waals surface area contributed by atoms with E-state index in [0.29, 0.717) is 17.1 Å². The number of likely N-dealkylation sites (tertiary alicyclic amines) is 1. The number of nitrogens with zero attached hydrogens (tertiary/aromatic N) is 1. The van der Waals surface area contributed by atoms with Gasteiger partial charge in [0.2, 0.25) is 5.91 Å². The quantitative estimate of drug-likeness (QED) is 0.823. The van der Waals surface area contributed by atoms with Crippen LogP contribution in [0.4, 0.5) is 0 Å². The van der Waals surface area contributed by atoms with E-state index in [-0.39, 0.29) is 18.4 Å². The number of ether oxygens (including phenoxy) is 2. The van der Waals surface area contributed by atoms with Crippen LogP contribution in [0.15, 0.2) is 18.2 Å². The molecule has 0 unspecified atom stereocenters. The minimum atomic E-state index is -0.797. The summed E-state index contributed by atoms with van der Waals surface area (Å²) in [5.41, 5.74) is 0.657. The van der Waals surface area contributed by atoms with Crippen LogP contribution in [0.2, 0.25) is 0 Å². The molecule has 1 aromatic carbocycles. The van der Waals surface area contributed by atoms with E-state index in [4.69, 9.17) is 9.47 Å². The molecule has 1 fully saturated rings. The van der Waals surface area contributed by atoms with Crippen molar-refractivity contribution < 1.29 is 19.4 Å². The molecule has 0 aromatic heterocycles. The van der Waals surface area contributed by atoms with Crippen LogP contribution in [0, 0.1) is 5.92 Å². The van der Waals surface area contributed by atoms with Gasteiger partial charge in [-0.1, -0.05) is 0 Å². The Morgan fingerprint density at radius 3 is 2.35 bits per heavy atom. The van der Waals surface area contributed by atoms with E-state index in [9.17, 15) is 9.90 Å². The van der Waals surface area contributed by atoms with E-state index < -0.39 is 6.10 Å². The normalized spacial score (nSPS) is 17.6. The first kappa shape index (κ1) is 17.6. The third-order valence-electron chi connectivity index (χ3n) is 4.32.